The Bertz CT molecular complexity index is 4210. The number of imidazole rings is 1. The van der Waals surface area contributed by atoms with Crippen molar-refractivity contribution in [1.29, 1.82) is 5.26 Å². The van der Waals surface area contributed by atoms with E-state index in [-0.39, 0.29) is 86.9 Å². The van der Waals surface area contributed by atoms with Crippen LogP contribution >= 0.6 is 7.82 Å². The number of methoxy groups -OCH3 is 2. The summed E-state index contributed by atoms with van der Waals surface area (Å²) >= 11 is 0. The van der Waals surface area contributed by atoms with Crippen molar-refractivity contribution in [1.82, 2.24) is 34.4 Å². The quantitative estimate of drug-likeness (QED) is 0.0135. The standard InChI is InChI=1S/C67H70N9O17P/c1-40(2)62(80)72-65-71-61-60(64(82)73-65)70-39-76(61)58-33-53(55(92-58)37-88-67(42-14-6-5-7-15-42,43-22-26-45(85-3)27-23-43)44-24-28-46(86-4)29-25-44)93-94(84,89-31-13-30-68)90-38-54-52(77)32-57(91-54)75-35-41(63(81)74-66(75)83)34-69-56(78)20-12-21-59(79)87-36-51-49-18-10-8-16-47(49)48-17-9-11-19-50(48)51/h5-11,14-19,22-29,35,39-40,51-55,57-58,77H,12-13,20-21,31-34,36-38H2,1-4H3,(H,69,78)(H,74,81,83)(H2,71,72,73,80,82)/t52?,53?,54-,55-,57-,58-,94?/m1/s1. The molecule has 5 heterocycles. The molecule has 0 saturated carbocycles. The van der Waals surface area contributed by atoms with Gasteiger partial charge in [-0.25, -0.2) is 14.3 Å². The number of anilines is 1. The molecule has 26 nitrogen and oxygen atoms in total. The number of nitrogens with one attached hydrogen (secondary N) is 4. The second kappa shape index (κ2) is 29.3. The van der Waals surface area contributed by atoms with Crippen LogP contribution in [-0.4, -0.2) is 117 Å². The van der Waals surface area contributed by atoms with Crippen molar-refractivity contribution in [2.45, 2.75) is 107 Å². The van der Waals surface area contributed by atoms with Gasteiger partial charge in [-0.05, 0) is 69.6 Å². The molecule has 3 aliphatic rings. The summed E-state index contributed by atoms with van der Waals surface area (Å²) < 4.78 is 73.0. The zero-order chi connectivity index (χ0) is 66.1. The summed E-state index contributed by atoms with van der Waals surface area (Å²) in [6.45, 7) is 1.78. The first kappa shape index (κ1) is 66.1. The monoisotopic (exact) mass is 1300 g/mol. The maximum absolute atomic E-state index is 15.3. The second-order valence-electron chi connectivity index (χ2n) is 23.0. The van der Waals surface area contributed by atoms with E-state index in [1.807, 2.05) is 109 Å². The van der Waals surface area contributed by atoms with Gasteiger partial charge in [0.05, 0.1) is 64.5 Å². The van der Waals surface area contributed by atoms with Crippen LogP contribution in [0.3, 0.4) is 0 Å². The molecule has 3 aromatic heterocycles. The Morgan fingerprint density at radius 1 is 0.766 bits per heavy atom. The molecule has 94 heavy (non-hydrogen) atoms. The smallest absolute Gasteiger partial charge is 0.475 e. The summed E-state index contributed by atoms with van der Waals surface area (Å²) in [7, 11) is -1.76. The third-order valence-corrected chi connectivity index (χ3v) is 18.1. The van der Waals surface area contributed by atoms with Crippen molar-refractivity contribution in [2.75, 3.05) is 46.0 Å². The normalized spacial score (nSPS) is 19.1. The van der Waals surface area contributed by atoms with Gasteiger partial charge in [0, 0.05) is 50.3 Å². The fourth-order valence-electron chi connectivity index (χ4n) is 11.8. The number of rotatable bonds is 28. The zero-order valence-electron chi connectivity index (χ0n) is 51.8. The number of nitriles is 1. The average Bonchev–Trinajstić information content (AvgIpc) is 0.955. The van der Waals surface area contributed by atoms with Crippen molar-refractivity contribution in [3.8, 4) is 28.7 Å². The summed E-state index contributed by atoms with van der Waals surface area (Å²) in [4.78, 5) is 92.3. The number of fused-ring (bicyclic) bond motifs is 4. The molecule has 2 saturated heterocycles. The van der Waals surface area contributed by atoms with Gasteiger partial charge in [0.15, 0.2) is 11.2 Å². The van der Waals surface area contributed by atoms with E-state index in [0.29, 0.717) is 28.2 Å². The molecule has 11 rings (SSSR count). The lowest BCUT2D eigenvalue weighted by Crippen LogP contribution is -2.38. The Balaban J connectivity index is 0.797. The highest BCUT2D eigenvalue weighted by atomic mass is 31.2. The molecular weight excluding hydrogens is 1230 g/mol. The lowest BCUT2D eigenvalue weighted by atomic mass is 9.80. The topological polar surface area (TPSA) is 338 Å². The number of phosphoric ester groups is 1. The fraction of sp³-hybridized carbons (Fsp3) is 0.358. The molecule has 1 aliphatic carbocycles. The molecule has 8 aromatic rings. The highest BCUT2D eigenvalue weighted by Gasteiger charge is 2.48. The van der Waals surface area contributed by atoms with Crippen molar-refractivity contribution in [3.05, 3.63) is 204 Å². The maximum Gasteiger partial charge on any atom is 0.475 e. The van der Waals surface area contributed by atoms with Crippen molar-refractivity contribution >= 4 is 42.7 Å². The van der Waals surface area contributed by atoms with Crippen molar-refractivity contribution in [3.63, 3.8) is 0 Å². The zero-order valence-corrected chi connectivity index (χ0v) is 52.7. The van der Waals surface area contributed by atoms with Gasteiger partial charge >= 0.3 is 19.5 Å². The number of aromatic nitrogens is 6. The Kier molecular flexibility index (Phi) is 20.6. The average molecular weight is 1300 g/mol. The minimum Gasteiger partial charge on any atom is -0.497 e. The van der Waals surface area contributed by atoms with Gasteiger partial charge in [-0.2, -0.15) is 10.2 Å². The van der Waals surface area contributed by atoms with Gasteiger partial charge in [-0.1, -0.05) is 117 Å². The van der Waals surface area contributed by atoms with Crippen molar-refractivity contribution in [2.24, 2.45) is 5.92 Å². The van der Waals surface area contributed by atoms with Crippen LogP contribution in [0, 0.1) is 17.2 Å². The van der Waals surface area contributed by atoms with Gasteiger partial charge in [0.2, 0.25) is 17.8 Å². The van der Waals surface area contributed by atoms with E-state index in [9.17, 15) is 39.1 Å². The van der Waals surface area contributed by atoms with E-state index in [0.717, 1.165) is 26.8 Å². The summed E-state index contributed by atoms with van der Waals surface area (Å²) in [6.07, 6.45) is -5.39. The number of nitrogens with zero attached hydrogens (tertiary/aromatic N) is 5. The Labute approximate surface area is 538 Å². The summed E-state index contributed by atoms with van der Waals surface area (Å²) in [5, 5.41) is 26.3. The molecular formula is C67H70N9O17P. The molecule has 0 radical (unpaired) electrons. The molecule has 7 atom stereocenters. The highest BCUT2D eigenvalue weighted by molar-refractivity contribution is 7.48. The summed E-state index contributed by atoms with van der Waals surface area (Å²) in [5.41, 5.74) is 2.56. The summed E-state index contributed by atoms with van der Waals surface area (Å²) in [5.74, 6) is -0.905. The van der Waals surface area contributed by atoms with E-state index in [1.54, 1.807) is 52.3 Å². The van der Waals surface area contributed by atoms with Gasteiger partial charge in [0.25, 0.3) is 11.1 Å². The number of carbonyl (C=O) groups is 3. The SMILES string of the molecule is COc1ccc(C(OC[C@H]2O[C@@H](n3cnc4c(=O)[nH]c(NC(=O)C(C)C)nc43)CC2OP(=O)(OCCC#N)OC[C@H]2O[C@@H](n3cc(CNC(=O)CCCC(=O)OCC4c5ccccc5-c5ccccc54)c(=O)[nH]c3=O)CC2O)(c2ccccc2)c2ccc(OC)cc2)cc1. The minimum absolute atomic E-state index is 0.0219. The number of aliphatic hydroxyl groups excluding tert-OH is 1. The predicted molar refractivity (Wildman–Crippen MR) is 339 cm³/mol. The number of benzene rings is 5. The minimum atomic E-state index is -4.87. The van der Waals surface area contributed by atoms with E-state index in [4.69, 9.17) is 42.0 Å². The van der Waals surface area contributed by atoms with Crippen LogP contribution < -0.4 is 36.9 Å². The molecule has 2 aliphatic heterocycles. The lowest BCUT2D eigenvalue weighted by molar-refractivity contribution is -0.144. The second-order valence-corrected chi connectivity index (χ2v) is 24.6. The Morgan fingerprint density at radius 3 is 2.04 bits per heavy atom. The number of hydrogen-bond donors (Lipinski definition) is 5. The molecule has 27 heteroatoms. The number of esters is 1. The number of H-pyrrole nitrogens is 2. The first-order valence-corrected chi connectivity index (χ1v) is 32.1. The van der Waals surface area contributed by atoms with E-state index >= 15 is 4.57 Å². The van der Waals surface area contributed by atoms with Crippen molar-refractivity contribution < 1.29 is 66.0 Å². The van der Waals surface area contributed by atoms with E-state index < -0.39 is 104 Å². The van der Waals surface area contributed by atoms with Gasteiger partial charge < -0.3 is 38.8 Å². The van der Waals surface area contributed by atoms with Crippen LogP contribution in [0.5, 0.6) is 11.5 Å². The number of hydrogen-bond acceptors (Lipinski definition) is 20. The molecule has 5 aromatic carbocycles. The van der Waals surface area contributed by atoms with Crippen LogP contribution in [0.2, 0.25) is 0 Å². The number of aromatic amines is 2. The highest BCUT2D eigenvalue weighted by Crippen LogP contribution is 2.55. The van der Waals surface area contributed by atoms with Gasteiger partial charge in [-0.15, -0.1) is 0 Å². The number of carbonyl (C=O) groups excluding carboxylic acids is 3. The van der Waals surface area contributed by atoms with Gasteiger partial charge in [0.1, 0.15) is 54.5 Å². The first-order chi connectivity index (χ1) is 45.5. The van der Waals surface area contributed by atoms with Crippen LogP contribution in [-0.2, 0) is 63.6 Å². The molecule has 2 amide bonds. The molecule has 5 N–H and O–H groups in total. The first-order valence-electron chi connectivity index (χ1n) is 30.6. The molecule has 3 unspecified atom stereocenters. The number of ether oxygens (including phenoxy) is 6. The van der Waals surface area contributed by atoms with E-state index in [1.165, 1.54) is 17.1 Å². The Morgan fingerprint density at radius 2 is 1.39 bits per heavy atom. The molecule has 490 valence electrons. The summed E-state index contributed by atoms with van der Waals surface area (Å²) in [6, 6.07) is 42.0. The largest absolute Gasteiger partial charge is 0.497 e. The number of phosphoric acid groups is 1. The Hall–Kier alpha value is -9.42. The molecule has 0 bridgehead atoms. The van der Waals surface area contributed by atoms with E-state index in [2.05, 4.69) is 30.6 Å². The van der Waals surface area contributed by atoms with Crippen LogP contribution in [0.25, 0.3) is 22.3 Å². The predicted octanol–water partition coefficient (Wildman–Crippen LogP) is 7.81. The number of aliphatic hydroxyl groups is 1. The lowest BCUT2D eigenvalue weighted by Gasteiger charge is -2.37. The third kappa shape index (κ3) is 14.5. The maximum atomic E-state index is 15.3. The molecule has 0 spiro atoms. The third-order valence-electron chi connectivity index (χ3n) is 16.6. The van der Waals surface area contributed by atoms with Crippen LogP contribution in [0.1, 0.15) is 104 Å². The fourth-order valence-corrected chi connectivity index (χ4v) is 13.2. The van der Waals surface area contributed by atoms with Crippen LogP contribution in [0.4, 0.5) is 5.95 Å². The van der Waals surface area contributed by atoms with Crippen LogP contribution in [0.15, 0.2) is 154 Å². The number of amides is 2. The molecule has 2 fully saturated rings. The van der Waals surface area contributed by atoms with Gasteiger partial charge in [-0.3, -0.25) is 62.0 Å².